The lowest BCUT2D eigenvalue weighted by Gasteiger charge is -2.21. The number of nitro benzene ring substituents is 3. The molecule has 0 amide bonds. The number of halogens is 10. The van der Waals surface area contributed by atoms with Gasteiger partial charge in [0.1, 0.15) is 21.3 Å². The Morgan fingerprint density at radius 2 is 1.23 bits per heavy atom. The second kappa shape index (κ2) is 8.82. The molecular formula is C15H4BrF9N4O6. The van der Waals surface area contributed by atoms with Gasteiger partial charge in [0.15, 0.2) is 0 Å². The second-order valence-corrected chi connectivity index (χ2v) is 7.08. The minimum atomic E-state index is -5.75. The van der Waals surface area contributed by atoms with Gasteiger partial charge in [-0.2, -0.15) is 39.5 Å². The predicted octanol–water partition coefficient (Wildman–Crippen LogP) is 6.97. The van der Waals surface area contributed by atoms with Crippen molar-refractivity contribution in [3.8, 4) is 0 Å². The van der Waals surface area contributed by atoms with Gasteiger partial charge in [0.25, 0.3) is 17.1 Å². The van der Waals surface area contributed by atoms with Crippen LogP contribution >= 0.6 is 15.9 Å². The third kappa shape index (κ3) is 5.52. The molecule has 2 aromatic carbocycles. The molecule has 2 aromatic rings. The van der Waals surface area contributed by atoms with Gasteiger partial charge in [-0.15, -0.1) is 0 Å². The number of non-ortho nitro benzene ring substituents is 1. The lowest BCUT2D eigenvalue weighted by molar-refractivity contribution is -0.394. The molecule has 0 spiro atoms. The Bertz CT molecular complexity index is 1240. The van der Waals surface area contributed by atoms with Crippen LogP contribution in [0.5, 0.6) is 0 Å². The molecule has 0 heterocycles. The number of anilines is 2. The van der Waals surface area contributed by atoms with Gasteiger partial charge in [-0.05, 0) is 22.0 Å². The zero-order valence-electron chi connectivity index (χ0n) is 15.8. The van der Waals surface area contributed by atoms with Crippen LogP contribution in [0.2, 0.25) is 0 Å². The molecular weight excluding hydrogens is 583 g/mol. The third-order valence-corrected chi connectivity index (χ3v) is 4.86. The van der Waals surface area contributed by atoms with Gasteiger partial charge >= 0.3 is 18.5 Å². The summed E-state index contributed by atoms with van der Waals surface area (Å²) in [4.78, 5) is 28.2. The molecule has 0 saturated heterocycles. The number of nitrogens with one attached hydrogen (secondary N) is 1. The Balaban J connectivity index is 3.06. The third-order valence-electron chi connectivity index (χ3n) is 4.09. The van der Waals surface area contributed by atoms with E-state index in [0.717, 1.165) is 0 Å². The Morgan fingerprint density at radius 1 is 0.714 bits per heavy atom. The highest BCUT2D eigenvalue weighted by Gasteiger charge is 2.47. The van der Waals surface area contributed by atoms with Crippen molar-refractivity contribution in [1.82, 2.24) is 0 Å². The van der Waals surface area contributed by atoms with E-state index in [2.05, 4.69) is 0 Å². The number of alkyl halides is 9. The van der Waals surface area contributed by atoms with Gasteiger partial charge in [0, 0.05) is 6.07 Å². The van der Waals surface area contributed by atoms with E-state index in [9.17, 15) is 69.9 Å². The lowest BCUT2D eigenvalue weighted by Crippen LogP contribution is -2.18. The topological polar surface area (TPSA) is 141 Å². The summed E-state index contributed by atoms with van der Waals surface area (Å²) in [5.74, 6) is 0. The molecule has 0 aliphatic carbocycles. The zero-order chi connectivity index (χ0) is 27.3. The van der Waals surface area contributed by atoms with Gasteiger partial charge in [-0.25, -0.2) is 0 Å². The summed E-state index contributed by atoms with van der Waals surface area (Å²) in [5, 5.41) is 34.4. The molecule has 35 heavy (non-hydrogen) atoms. The summed E-state index contributed by atoms with van der Waals surface area (Å²) in [5.41, 5.74) is -16.2. The monoisotopic (exact) mass is 586 g/mol. The molecule has 0 aromatic heterocycles. The van der Waals surface area contributed by atoms with Crippen molar-refractivity contribution in [2.24, 2.45) is 0 Å². The maximum absolute atomic E-state index is 13.6. The standard InChI is InChI=1S/C15H4BrF9N4O6/c16-10-9(15(23,24)25)7(3-6(14(20,21)22)12(10)29(34)35)26-11-5(13(17,18)19)1-4(27(30)31)2-8(11)28(32)33/h1-3,26H. The molecule has 0 fully saturated rings. The van der Waals surface area contributed by atoms with Crippen LogP contribution in [0, 0.1) is 30.3 Å². The van der Waals surface area contributed by atoms with Crippen LogP contribution in [0.3, 0.4) is 0 Å². The van der Waals surface area contributed by atoms with Crippen molar-refractivity contribution in [3.63, 3.8) is 0 Å². The predicted molar refractivity (Wildman–Crippen MR) is 98.8 cm³/mol. The summed E-state index contributed by atoms with van der Waals surface area (Å²) in [6.07, 6.45) is -17.1. The van der Waals surface area contributed by atoms with Crippen LogP contribution in [-0.2, 0) is 18.5 Å². The van der Waals surface area contributed by atoms with Gasteiger partial charge < -0.3 is 5.32 Å². The van der Waals surface area contributed by atoms with Crippen LogP contribution in [0.25, 0.3) is 0 Å². The fourth-order valence-electron chi connectivity index (χ4n) is 2.76. The minimum absolute atomic E-state index is 0.0735. The molecule has 0 unspecified atom stereocenters. The van der Waals surface area contributed by atoms with Crippen LogP contribution < -0.4 is 5.32 Å². The van der Waals surface area contributed by atoms with E-state index in [1.54, 1.807) is 0 Å². The van der Waals surface area contributed by atoms with Crippen molar-refractivity contribution < 1.29 is 54.3 Å². The van der Waals surface area contributed by atoms with Gasteiger partial charge in [-0.3, -0.25) is 30.3 Å². The molecule has 0 radical (unpaired) electrons. The average molecular weight is 587 g/mol. The summed E-state index contributed by atoms with van der Waals surface area (Å²) in [6, 6.07) is -0.930. The van der Waals surface area contributed by atoms with Crippen molar-refractivity contribution in [1.29, 1.82) is 0 Å². The molecule has 0 atom stereocenters. The molecule has 2 rings (SSSR count). The van der Waals surface area contributed by atoms with Crippen LogP contribution in [0.15, 0.2) is 22.7 Å². The average Bonchev–Trinajstić information content (AvgIpc) is 2.64. The second-order valence-electron chi connectivity index (χ2n) is 6.29. The van der Waals surface area contributed by atoms with Crippen LogP contribution in [-0.4, -0.2) is 14.8 Å². The molecule has 0 saturated carbocycles. The first-order chi connectivity index (χ1) is 15.7. The molecule has 0 aliphatic heterocycles. The number of nitrogens with zero attached hydrogens (tertiary/aromatic N) is 3. The fourth-order valence-corrected chi connectivity index (χ4v) is 3.56. The number of hydrogen-bond acceptors (Lipinski definition) is 7. The summed E-state index contributed by atoms with van der Waals surface area (Å²) >= 11 is 2.01. The summed E-state index contributed by atoms with van der Waals surface area (Å²) in [6.45, 7) is 0. The first-order valence-corrected chi connectivity index (χ1v) is 8.93. The Labute approximate surface area is 192 Å². The van der Waals surface area contributed by atoms with Crippen molar-refractivity contribution in [2.45, 2.75) is 18.5 Å². The minimum Gasteiger partial charge on any atom is -0.349 e. The Morgan fingerprint density at radius 3 is 1.60 bits per heavy atom. The number of hydrogen-bond donors (Lipinski definition) is 1. The molecule has 0 aliphatic rings. The largest absolute Gasteiger partial charge is 0.423 e. The zero-order valence-corrected chi connectivity index (χ0v) is 17.4. The number of rotatable bonds is 5. The van der Waals surface area contributed by atoms with Crippen LogP contribution in [0.4, 0.5) is 68.0 Å². The molecule has 190 valence electrons. The lowest BCUT2D eigenvalue weighted by atomic mass is 10.0. The SMILES string of the molecule is O=[N+]([O-])c1cc([N+](=O)[O-])c(Nc2cc(C(F)(F)F)c([N+](=O)[O-])c(Br)c2C(F)(F)F)c(C(F)(F)F)c1. The van der Waals surface area contributed by atoms with E-state index < -0.39 is 89.0 Å². The van der Waals surface area contributed by atoms with Crippen molar-refractivity contribution >= 4 is 44.4 Å². The quantitative estimate of drug-likeness (QED) is 0.226. The number of benzene rings is 2. The van der Waals surface area contributed by atoms with E-state index >= 15 is 0 Å². The highest BCUT2D eigenvalue weighted by atomic mass is 79.9. The molecule has 20 heteroatoms. The highest BCUT2D eigenvalue weighted by Crippen LogP contribution is 2.51. The van der Waals surface area contributed by atoms with E-state index in [-0.39, 0.29) is 12.1 Å². The van der Waals surface area contributed by atoms with Crippen molar-refractivity contribution in [2.75, 3.05) is 5.32 Å². The van der Waals surface area contributed by atoms with E-state index in [4.69, 9.17) is 0 Å². The van der Waals surface area contributed by atoms with E-state index in [0.29, 0.717) is 0 Å². The Kier molecular flexibility index (Phi) is 6.94. The number of nitro groups is 3. The fraction of sp³-hybridized carbons (Fsp3) is 0.200. The smallest absolute Gasteiger partial charge is 0.349 e. The highest BCUT2D eigenvalue weighted by molar-refractivity contribution is 9.10. The molecule has 10 nitrogen and oxygen atoms in total. The first kappa shape index (κ1) is 27.5. The van der Waals surface area contributed by atoms with Crippen LogP contribution in [0.1, 0.15) is 16.7 Å². The maximum Gasteiger partial charge on any atom is 0.423 e. The normalized spacial score (nSPS) is 12.4. The van der Waals surface area contributed by atoms with Crippen molar-refractivity contribution in [3.05, 3.63) is 69.7 Å². The molecule has 0 bridgehead atoms. The van der Waals surface area contributed by atoms with Gasteiger partial charge in [0.05, 0.1) is 32.1 Å². The van der Waals surface area contributed by atoms with Gasteiger partial charge in [-0.1, -0.05) is 0 Å². The molecule has 1 N–H and O–H groups in total. The van der Waals surface area contributed by atoms with E-state index in [1.807, 2.05) is 15.9 Å². The summed E-state index contributed by atoms with van der Waals surface area (Å²) in [7, 11) is 0. The Hall–Kier alpha value is -3.71. The van der Waals surface area contributed by atoms with Gasteiger partial charge in [0.2, 0.25) is 0 Å². The van der Waals surface area contributed by atoms with E-state index in [1.165, 1.54) is 5.32 Å². The summed E-state index contributed by atoms with van der Waals surface area (Å²) < 4.78 is 120. The first-order valence-electron chi connectivity index (χ1n) is 8.14. The maximum atomic E-state index is 13.6.